The Morgan fingerprint density at radius 2 is 1.78 bits per heavy atom. The van der Waals surface area contributed by atoms with Crippen molar-refractivity contribution in [1.29, 1.82) is 0 Å². The first-order valence-electron chi connectivity index (χ1n) is 9.52. The highest BCUT2D eigenvalue weighted by Crippen LogP contribution is 2.25. The van der Waals surface area contributed by atoms with Crippen molar-refractivity contribution in [3.05, 3.63) is 77.6 Å². The molecule has 0 saturated carbocycles. The van der Waals surface area contributed by atoms with Crippen molar-refractivity contribution in [3.63, 3.8) is 0 Å². The first-order valence-corrected chi connectivity index (χ1v) is 11.0. The standard InChI is InChI=1S/C21H17N3O7S/c25-21(17-11-12-22-18-10-5-4-9-16(17)18)30-14-6-13-29-19-20(24(26)31-23-19)32(27,28)15-7-2-1-3-8-15/h1-5,7-12H,6,13-14H2. The highest BCUT2D eigenvalue weighted by Gasteiger charge is 2.35. The van der Waals surface area contributed by atoms with Crippen LogP contribution >= 0.6 is 0 Å². The average molecular weight is 455 g/mol. The van der Waals surface area contributed by atoms with Crippen LogP contribution in [-0.4, -0.2) is 37.7 Å². The lowest BCUT2D eigenvalue weighted by molar-refractivity contribution is -0.832. The molecule has 0 N–H and O–H groups in total. The summed E-state index contributed by atoms with van der Waals surface area (Å²) in [6, 6.07) is 16.1. The second-order valence-corrected chi connectivity index (χ2v) is 8.44. The van der Waals surface area contributed by atoms with E-state index in [-0.39, 0.29) is 29.4 Å². The minimum Gasteiger partial charge on any atom is -0.462 e. The predicted octanol–water partition coefficient (Wildman–Crippen LogP) is 2.31. The number of benzene rings is 2. The van der Waals surface area contributed by atoms with Gasteiger partial charge in [-0.25, -0.2) is 13.2 Å². The normalized spacial score (nSPS) is 11.4. The van der Waals surface area contributed by atoms with Crippen LogP contribution in [0.2, 0.25) is 0 Å². The van der Waals surface area contributed by atoms with Crippen LogP contribution in [0.3, 0.4) is 0 Å². The van der Waals surface area contributed by atoms with Gasteiger partial charge < -0.3 is 14.7 Å². The summed E-state index contributed by atoms with van der Waals surface area (Å²) < 4.78 is 40.4. The van der Waals surface area contributed by atoms with E-state index in [1.54, 1.807) is 30.3 Å². The van der Waals surface area contributed by atoms with Crippen LogP contribution < -0.4 is 9.64 Å². The molecule has 0 bridgehead atoms. The molecule has 0 aliphatic carbocycles. The number of hydrogen-bond acceptors (Lipinski definition) is 9. The molecule has 32 heavy (non-hydrogen) atoms. The number of carbonyl (C=O) groups excluding carboxylic acids is 1. The molecule has 2 heterocycles. The molecule has 2 aromatic heterocycles. The molecule has 11 heteroatoms. The van der Waals surface area contributed by atoms with Gasteiger partial charge in [-0.15, -0.1) is 0 Å². The molecule has 0 atom stereocenters. The number of carbonyl (C=O) groups is 1. The van der Waals surface area contributed by atoms with Crippen LogP contribution in [0.4, 0.5) is 0 Å². The number of hydrogen-bond donors (Lipinski definition) is 0. The zero-order valence-corrected chi connectivity index (χ0v) is 17.4. The van der Waals surface area contributed by atoms with E-state index in [1.807, 2.05) is 6.07 Å². The summed E-state index contributed by atoms with van der Waals surface area (Å²) in [5.41, 5.74) is 1.06. The number of para-hydroxylation sites is 1. The van der Waals surface area contributed by atoms with Crippen molar-refractivity contribution in [1.82, 2.24) is 10.1 Å². The SMILES string of the molecule is O=C(OCCCOc1no[n+]([O-])c1S(=O)(=O)c1ccccc1)c1ccnc2ccccc12. The number of esters is 1. The summed E-state index contributed by atoms with van der Waals surface area (Å²) in [4.78, 5) is 16.3. The van der Waals surface area contributed by atoms with Gasteiger partial charge in [0.15, 0.2) is 0 Å². The Kier molecular flexibility index (Phi) is 5.99. The van der Waals surface area contributed by atoms with Crippen LogP contribution in [0.25, 0.3) is 10.9 Å². The maximum absolute atomic E-state index is 12.7. The summed E-state index contributed by atoms with van der Waals surface area (Å²) in [6.45, 7) is -0.0559. The lowest BCUT2D eigenvalue weighted by Gasteiger charge is -2.07. The molecule has 0 spiro atoms. The largest absolute Gasteiger partial charge is 0.462 e. The fraction of sp³-hybridized carbons (Fsp3) is 0.143. The van der Waals surface area contributed by atoms with Crippen LogP contribution in [0.5, 0.6) is 5.88 Å². The molecular formula is C21H17N3O7S. The summed E-state index contributed by atoms with van der Waals surface area (Å²) in [6.07, 6.45) is 1.75. The number of fused-ring (bicyclic) bond motifs is 1. The maximum Gasteiger partial charge on any atom is 0.414 e. The molecule has 0 amide bonds. The Bertz CT molecular complexity index is 1350. The molecule has 0 aliphatic heterocycles. The number of rotatable bonds is 8. The fourth-order valence-corrected chi connectivity index (χ4v) is 4.28. The minimum absolute atomic E-state index is 0.00543. The smallest absolute Gasteiger partial charge is 0.414 e. The zero-order valence-electron chi connectivity index (χ0n) is 16.6. The van der Waals surface area contributed by atoms with Gasteiger partial charge in [0, 0.05) is 18.0 Å². The van der Waals surface area contributed by atoms with Gasteiger partial charge in [0.25, 0.3) is 9.84 Å². The van der Waals surface area contributed by atoms with Crippen molar-refractivity contribution < 1.29 is 32.2 Å². The Morgan fingerprint density at radius 1 is 1.03 bits per heavy atom. The third-order valence-electron chi connectivity index (χ3n) is 4.48. The molecule has 164 valence electrons. The molecule has 10 nitrogen and oxygen atoms in total. The highest BCUT2D eigenvalue weighted by atomic mass is 32.2. The van der Waals surface area contributed by atoms with E-state index in [4.69, 9.17) is 9.47 Å². The summed E-state index contributed by atoms with van der Waals surface area (Å²) in [5.74, 6) is -0.981. The predicted molar refractivity (Wildman–Crippen MR) is 109 cm³/mol. The van der Waals surface area contributed by atoms with Gasteiger partial charge in [0.05, 0.1) is 34.3 Å². The van der Waals surface area contributed by atoms with Gasteiger partial charge >= 0.3 is 16.9 Å². The van der Waals surface area contributed by atoms with E-state index in [9.17, 15) is 18.4 Å². The molecule has 0 unspecified atom stereocenters. The second-order valence-electron chi connectivity index (χ2n) is 6.57. The topological polar surface area (TPSA) is 136 Å². The van der Waals surface area contributed by atoms with Crippen LogP contribution in [0.15, 0.2) is 81.4 Å². The second kappa shape index (κ2) is 9.02. The van der Waals surface area contributed by atoms with Crippen molar-refractivity contribution in [2.75, 3.05) is 13.2 Å². The Balaban J connectivity index is 1.37. The average Bonchev–Trinajstić information content (AvgIpc) is 3.20. The van der Waals surface area contributed by atoms with E-state index in [0.29, 0.717) is 16.5 Å². The molecule has 0 aliphatic rings. The van der Waals surface area contributed by atoms with Gasteiger partial charge in [-0.05, 0) is 29.2 Å². The van der Waals surface area contributed by atoms with E-state index < -0.39 is 26.7 Å². The van der Waals surface area contributed by atoms with Crippen molar-refractivity contribution >= 4 is 26.7 Å². The quantitative estimate of drug-likeness (QED) is 0.223. The van der Waals surface area contributed by atoms with E-state index in [1.165, 1.54) is 30.5 Å². The van der Waals surface area contributed by atoms with Gasteiger partial charge in [-0.1, -0.05) is 36.4 Å². The first kappa shape index (κ1) is 21.2. The molecule has 0 radical (unpaired) electrons. The van der Waals surface area contributed by atoms with E-state index in [0.717, 1.165) is 0 Å². The van der Waals surface area contributed by atoms with Crippen molar-refractivity contribution in [3.8, 4) is 5.88 Å². The number of nitrogens with zero attached hydrogens (tertiary/aromatic N) is 3. The van der Waals surface area contributed by atoms with Gasteiger partial charge in [0.2, 0.25) is 0 Å². The summed E-state index contributed by atoms with van der Waals surface area (Å²) in [5, 5.41) is 15.2. The summed E-state index contributed by atoms with van der Waals surface area (Å²) in [7, 11) is -4.19. The van der Waals surface area contributed by atoms with E-state index >= 15 is 0 Å². The van der Waals surface area contributed by atoms with Crippen molar-refractivity contribution in [2.24, 2.45) is 0 Å². The zero-order chi connectivity index (χ0) is 22.6. The number of sulfone groups is 1. The fourth-order valence-electron chi connectivity index (χ4n) is 2.99. The molecular weight excluding hydrogens is 438 g/mol. The van der Waals surface area contributed by atoms with Crippen LogP contribution in [-0.2, 0) is 14.6 Å². The highest BCUT2D eigenvalue weighted by molar-refractivity contribution is 7.91. The number of ether oxygens (including phenoxy) is 2. The molecule has 0 fully saturated rings. The monoisotopic (exact) mass is 455 g/mol. The molecule has 2 aromatic carbocycles. The van der Waals surface area contributed by atoms with Crippen LogP contribution in [0, 0.1) is 5.21 Å². The van der Waals surface area contributed by atoms with Crippen molar-refractivity contribution in [2.45, 2.75) is 16.3 Å². The van der Waals surface area contributed by atoms with E-state index in [2.05, 4.69) is 14.8 Å². The maximum atomic E-state index is 12.7. The third kappa shape index (κ3) is 4.23. The summed E-state index contributed by atoms with van der Waals surface area (Å²) >= 11 is 0. The minimum atomic E-state index is -4.19. The lowest BCUT2D eigenvalue weighted by atomic mass is 10.1. The molecule has 4 aromatic rings. The third-order valence-corrected chi connectivity index (χ3v) is 6.21. The number of aromatic nitrogens is 3. The van der Waals surface area contributed by atoms with Gasteiger partial charge in [-0.3, -0.25) is 9.61 Å². The Morgan fingerprint density at radius 3 is 2.59 bits per heavy atom. The number of pyridine rings is 1. The lowest BCUT2D eigenvalue weighted by Crippen LogP contribution is -2.31. The van der Waals surface area contributed by atoms with Gasteiger partial charge in [-0.2, -0.15) is 0 Å². The van der Waals surface area contributed by atoms with Gasteiger partial charge in [0.1, 0.15) is 0 Å². The Hall–Kier alpha value is -3.99. The van der Waals surface area contributed by atoms with Crippen LogP contribution in [0.1, 0.15) is 16.8 Å². The first-order chi connectivity index (χ1) is 15.5. The molecule has 0 saturated heterocycles. The Labute approximate surface area is 182 Å². The molecule has 4 rings (SSSR count).